The summed E-state index contributed by atoms with van der Waals surface area (Å²) in [6, 6.07) is 7.12. The van der Waals surface area contributed by atoms with Crippen molar-refractivity contribution in [2.45, 2.75) is 51.2 Å². The van der Waals surface area contributed by atoms with Gasteiger partial charge in [-0.1, -0.05) is 17.7 Å². The number of fused-ring (bicyclic) bond motifs is 3. The van der Waals surface area contributed by atoms with Gasteiger partial charge < -0.3 is 15.2 Å². The number of aliphatic hydroxyl groups is 1. The summed E-state index contributed by atoms with van der Waals surface area (Å²) < 4.78 is 6.11. The molecule has 2 aliphatic heterocycles. The van der Waals surface area contributed by atoms with Crippen LogP contribution in [0.5, 0.6) is 0 Å². The van der Waals surface area contributed by atoms with E-state index in [9.17, 15) is 0 Å². The SMILES string of the molecule is Cc1ccc2c(c1)[C@@H]1OCCC[C@H]1[C@H](CCCCO)N2. The van der Waals surface area contributed by atoms with Crippen LogP contribution in [0, 0.1) is 12.8 Å². The second-order valence-corrected chi connectivity index (χ2v) is 6.16. The number of rotatable bonds is 4. The molecule has 1 saturated heterocycles. The highest BCUT2D eigenvalue weighted by Crippen LogP contribution is 2.45. The lowest BCUT2D eigenvalue weighted by molar-refractivity contribution is -0.0387. The van der Waals surface area contributed by atoms with Crippen molar-refractivity contribution in [3.63, 3.8) is 0 Å². The van der Waals surface area contributed by atoms with Crippen LogP contribution in [-0.2, 0) is 4.74 Å². The molecule has 0 aromatic heterocycles. The molecule has 3 heteroatoms. The van der Waals surface area contributed by atoms with E-state index in [1.165, 1.54) is 29.7 Å². The fraction of sp³-hybridized carbons (Fsp3) is 0.647. The Morgan fingerprint density at radius 1 is 1.35 bits per heavy atom. The number of hydrogen-bond donors (Lipinski definition) is 2. The molecule has 0 radical (unpaired) electrons. The fourth-order valence-corrected chi connectivity index (χ4v) is 3.65. The summed E-state index contributed by atoms with van der Waals surface area (Å²) in [5.41, 5.74) is 3.89. The summed E-state index contributed by atoms with van der Waals surface area (Å²) in [5, 5.41) is 12.7. The molecule has 2 aliphatic rings. The minimum absolute atomic E-state index is 0.263. The van der Waals surface area contributed by atoms with Crippen molar-refractivity contribution in [2.75, 3.05) is 18.5 Å². The van der Waals surface area contributed by atoms with Crippen LogP contribution in [0.2, 0.25) is 0 Å². The molecule has 110 valence electrons. The quantitative estimate of drug-likeness (QED) is 0.827. The first kappa shape index (κ1) is 13.9. The lowest BCUT2D eigenvalue weighted by Crippen LogP contribution is -2.41. The van der Waals surface area contributed by atoms with Gasteiger partial charge in [-0.05, 0) is 45.1 Å². The van der Waals surface area contributed by atoms with Crippen molar-refractivity contribution < 1.29 is 9.84 Å². The van der Waals surface area contributed by atoms with Crippen molar-refractivity contribution in [2.24, 2.45) is 5.92 Å². The van der Waals surface area contributed by atoms with Crippen LogP contribution in [0.15, 0.2) is 18.2 Å². The van der Waals surface area contributed by atoms with Crippen LogP contribution < -0.4 is 5.32 Å². The van der Waals surface area contributed by atoms with Crippen molar-refractivity contribution in [1.29, 1.82) is 0 Å². The van der Waals surface area contributed by atoms with E-state index in [0.29, 0.717) is 18.6 Å². The van der Waals surface area contributed by atoms with E-state index in [1.807, 2.05) is 0 Å². The van der Waals surface area contributed by atoms with Gasteiger partial charge in [-0.3, -0.25) is 0 Å². The third kappa shape index (κ3) is 2.70. The van der Waals surface area contributed by atoms with Gasteiger partial charge in [0.2, 0.25) is 0 Å². The highest BCUT2D eigenvalue weighted by molar-refractivity contribution is 5.57. The van der Waals surface area contributed by atoms with Gasteiger partial charge in [-0.25, -0.2) is 0 Å². The second-order valence-electron chi connectivity index (χ2n) is 6.16. The maximum absolute atomic E-state index is 8.97. The van der Waals surface area contributed by atoms with Gasteiger partial charge in [0.05, 0.1) is 6.10 Å². The van der Waals surface area contributed by atoms with Gasteiger partial charge >= 0.3 is 0 Å². The van der Waals surface area contributed by atoms with Crippen LogP contribution in [0.4, 0.5) is 5.69 Å². The number of hydrogen-bond acceptors (Lipinski definition) is 3. The van der Waals surface area contributed by atoms with Gasteiger partial charge in [0.25, 0.3) is 0 Å². The van der Waals surface area contributed by atoms with Gasteiger partial charge in [0, 0.05) is 36.4 Å². The van der Waals surface area contributed by atoms with Crippen LogP contribution in [0.25, 0.3) is 0 Å². The third-order valence-electron chi connectivity index (χ3n) is 4.66. The van der Waals surface area contributed by atoms with Crippen LogP contribution in [-0.4, -0.2) is 24.4 Å². The zero-order chi connectivity index (χ0) is 13.9. The Kier molecular flexibility index (Phi) is 4.27. The average molecular weight is 275 g/mol. The minimum Gasteiger partial charge on any atom is -0.396 e. The zero-order valence-electron chi connectivity index (χ0n) is 12.3. The topological polar surface area (TPSA) is 41.5 Å². The highest BCUT2D eigenvalue weighted by atomic mass is 16.5. The van der Waals surface area contributed by atoms with Crippen LogP contribution in [0.3, 0.4) is 0 Å². The van der Waals surface area contributed by atoms with E-state index in [2.05, 4.69) is 30.4 Å². The molecule has 0 amide bonds. The molecule has 0 bridgehead atoms. The maximum Gasteiger partial charge on any atom is 0.0892 e. The Bertz CT molecular complexity index is 460. The first-order valence-corrected chi connectivity index (χ1v) is 7.89. The van der Waals surface area contributed by atoms with Crippen LogP contribution in [0.1, 0.15) is 49.3 Å². The molecule has 1 aromatic carbocycles. The molecule has 0 unspecified atom stereocenters. The molecule has 0 aliphatic carbocycles. The normalized spacial score (nSPS) is 28.4. The van der Waals surface area contributed by atoms with Gasteiger partial charge in [0.15, 0.2) is 0 Å². The van der Waals surface area contributed by atoms with Crippen LogP contribution >= 0.6 is 0 Å². The third-order valence-corrected chi connectivity index (χ3v) is 4.66. The lowest BCUT2D eigenvalue weighted by atomic mass is 9.78. The molecule has 1 fully saturated rings. The first-order valence-electron chi connectivity index (χ1n) is 7.89. The van der Waals surface area contributed by atoms with Crippen molar-refractivity contribution in [3.8, 4) is 0 Å². The summed E-state index contributed by atoms with van der Waals surface area (Å²) in [5.74, 6) is 0.580. The fourth-order valence-electron chi connectivity index (χ4n) is 3.65. The van der Waals surface area contributed by atoms with Crippen molar-refractivity contribution in [1.82, 2.24) is 0 Å². The number of benzene rings is 1. The summed E-state index contributed by atoms with van der Waals surface area (Å²) in [6.45, 7) is 3.33. The van der Waals surface area contributed by atoms with Gasteiger partial charge in [-0.2, -0.15) is 0 Å². The molecule has 1 aromatic rings. The molecule has 3 atom stereocenters. The minimum atomic E-state index is 0.263. The Morgan fingerprint density at radius 3 is 3.10 bits per heavy atom. The number of aliphatic hydroxyl groups excluding tert-OH is 1. The summed E-state index contributed by atoms with van der Waals surface area (Å²) in [4.78, 5) is 0. The van der Waals surface area contributed by atoms with E-state index in [0.717, 1.165) is 25.9 Å². The Hall–Kier alpha value is -1.06. The molecule has 2 N–H and O–H groups in total. The number of unbranched alkanes of at least 4 members (excludes halogenated alkanes) is 1. The predicted molar refractivity (Wildman–Crippen MR) is 80.9 cm³/mol. The molecular weight excluding hydrogens is 250 g/mol. The number of aryl methyl sites for hydroxylation is 1. The Labute approximate surface area is 121 Å². The molecule has 3 nitrogen and oxygen atoms in total. The smallest absolute Gasteiger partial charge is 0.0892 e. The second kappa shape index (κ2) is 6.15. The zero-order valence-corrected chi connectivity index (χ0v) is 12.3. The highest BCUT2D eigenvalue weighted by Gasteiger charge is 2.38. The molecule has 0 spiro atoms. The maximum atomic E-state index is 8.97. The average Bonchev–Trinajstić information content (AvgIpc) is 2.48. The van der Waals surface area contributed by atoms with E-state index >= 15 is 0 Å². The van der Waals surface area contributed by atoms with Gasteiger partial charge in [-0.15, -0.1) is 0 Å². The van der Waals surface area contributed by atoms with E-state index in [4.69, 9.17) is 9.84 Å². The monoisotopic (exact) mass is 275 g/mol. The molecular formula is C17H25NO2. The van der Waals surface area contributed by atoms with Crippen molar-refractivity contribution >= 4 is 5.69 Å². The summed E-state index contributed by atoms with van der Waals surface area (Å²) >= 11 is 0. The van der Waals surface area contributed by atoms with E-state index < -0.39 is 0 Å². The standard InChI is InChI=1S/C17H25NO2/c1-12-7-8-16-14(11-12)17-13(5-4-10-20-17)15(18-16)6-2-3-9-19/h7-8,11,13,15,17-19H,2-6,9-10H2,1H3/t13-,15-,17+/m0/s1. The Balaban J connectivity index is 1.83. The lowest BCUT2D eigenvalue weighted by Gasteiger charge is -2.43. The van der Waals surface area contributed by atoms with Gasteiger partial charge in [0.1, 0.15) is 0 Å². The largest absolute Gasteiger partial charge is 0.396 e. The molecule has 3 rings (SSSR count). The Morgan fingerprint density at radius 2 is 2.25 bits per heavy atom. The number of nitrogens with one attached hydrogen (secondary N) is 1. The summed E-state index contributed by atoms with van der Waals surface area (Å²) in [7, 11) is 0. The van der Waals surface area contributed by atoms with Crippen molar-refractivity contribution in [3.05, 3.63) is 29.3 Å². The molecule has 20 heavy (non-hydrogen) atoms. The summed E-state index contributed by atoms with van der Waals surface area (Å²) in [6.07, 6.45) is 5.78. The number of anilines is 1. The molecule has 0 saturated carbocycles. The number of ether oxygens (including phenoxy) is 1. The first-order chi connectivity index (χ1) is 9.79. The molecule has 2 heterocycles. The predicted octanol–water partition coefficient (Wildman–Crippen LogP) is 3.42. The van der Waals surface area contributed by atoms with E-state index in [1.54, 1.807) is 0 Å². The van der Waals surface area contributed by atoms with E-state index in [-0.39, 0.29) is 6.10 Å².